The number of aromatic nitrogens is 4. The lowest BCUT2D eigenvalue weighted by Gasteiger charge is -2.17. The summed E-state index contributed by atoms with van der Waals surface area (Å²) >= 11 is 0. The fourth-order valence-corrected chi connectivity index (χ4v) is 2.38. The summed E-state index contributed by atoms with van der Waals surface area (Å²) in [6, 6.07) is 0. The molecule has 4 atom stereocenters. The number of aliphatic hydroxyl groups is 1. The van der Waals surface area contributed by atoms with E-state index in [4.69, 9.17) is 15.6 Å². The van der Waals surface area contributed by atoms with Gasteiger partial charge in [-0.3, -0.25) is 4.57 Å². The molecule has 2 aromatic rings. The van der Waals surface area contributed by atoms with E-state index in [1.807, 2.05) is 0 Å². The van der Waals surface area contributed by atoms with Gasteiger partial charge >= 0.3 is 5.97 Å². The van der Waals surface area contributed by atoms with Crippen molar-refractivity contribution in [2.75, 3.05) is 5.73 Å². The van der Waals surface area contributed by atoms with Gasteiger partial charge in [0.05, 0.1) is 12.4 Å². The van der Waals surface area contributed by atoms with E-state index in [2.05, 4.69) is 15.0 Å². The van der Waals surface area contributed by atoms with Gasteiger partial charge in [-0.25, -0.2) is 19.7 Å². The first-order chi connectivity index (χ1) is 9.50. The Kier molecular flexibility index (Phi) is 2.80. The molecule has 0 saturated carbocycles. The predicted octanol–water partition coefficient (Wildman–Crippen LogP) is -0.613. The van der Waals surface area contributed by atoms with Gasteiger partial charge in [0, 0.05) is 5.92 Å². The van der Waals surface area contributed by atoms with Crippen molar-refractivity contribution in [3.05, 3.63) is 12.7 Å². The molecule has 9 nitrogen and oxygen atoms in total. The second-order valence-corrected chi connectivity index (χ2v) is 4.72. The molecule has 0 amide bonds. The van der Waals surface area contributed by atoms with Gasteiger partial charge in [0.2, 0.25) is 0 Å². The van der Waals surface area contributed by atoms with Crippen molar-refractivity contribution in [2.24, 2.45) is 5.92 Å². The number of imidazole rings is 1. The van der Waals surface area contributed by atoms with Gasteiger partial charge in [0.15, 0.2) is 17.6 Å². The minimum atomic E-state index is -1.27. The molecule has 0 bridgehead atoms. The summed E-state index contributed by atoms with van der Waals surface area (Å²) in [4.78, 5) is 23.0. The number of ether oxygens (including phenoxy) is 1. The third-order valence-electron chi connectivity index (χ3n) is 3.49. The normalized spacial score (nSPS) is 29.9. The number of carbonyl (C=O) groups is 1. The quantitative estimate of drug-likeness (QED) is 0.662. The molecule has 0 spiro atoms. The van der Waals surface area contributed by atoms with Crippen LogP contribution in [0.5, 0.6) is 0 Å². The zero-order valence-corrected chi connectivity index (χ0v) is 10.5. The number of nitrogens with two attached hydrogens (primary N) is 1. The Morgan fingerprint density at radius 2 is 2.20 bits per heavy atom. The monoisotopic (exact) mass is 279 g/mol. The third kappa shape index (κ3) is 1.71. The predicted molar refractivity (Wildman–Crippen MR) is 66.5 cm³/mol. The second-order valence-electron chi connectivity index (χ2n) is 4.72. The minimum absolute atomic E-state index is 0.231. The first-order valence-electron chi connectivity index (χ1n) is 6.00. The van der Waals surface area contributed by atoms with Gasteiger partial charge in [-0.15, -0.1) is 0 Å². The van der Waals surface area contributed by atoms with E-state index in [1.54, 1.807) is 11.5 Å². The highest BCUT2D eigenvalue weighted by Gasteiger charge is 2.46. The van der Waals surface area contributed by atoms with Crippen LogP contribution >= 0.6 is 0 Å². The van der Waals surface area contributed by atoms with Crippen LogP contribution in [0.15, 0.2) is 12.7 Å². The maximum atomic E-state index is 11.0. The van der Waals surface area contributed by atoms with Crippen LogP contribution in [-0.4, -0.2) is 47.9 Å². The third-order valence-corrected chi connectivity index (χ3v) is 3.49. The van der Waals surface area contributed by atoms with Gasteiger partial charge < -0.3 is 20.7 Å². The van der Waals surface area contributed by atoms with Gasteiger partial charge in [0.25, 0.3) is 0 Å². The van der Waals surface area contributed by atoms with Crippen LogP contribution in [0, 0.1) is 5.92 Å². The first-order valence-corrected chi connectivity index (χ1v) is 6.00. The average molecular weight is 279 g/mol. The molecule has 0 aromatic carbocycles. The highest BCUT2D eigenvalue weighted by molar-refractivity contribution is 5.81. The van der Waals surface area contributed by atoms with E-state index < -0.39 is 30.3 Å². The maximum Gasteiger partial charge on any atom is 0.335 e. The fraction of sp³-hybridized carbons (Fsp3) is 0.455. The highest BCUT2D eigenvalue weighted by atomic mass is 16.6. The van der Waals surface area contributed by atoms with Crippen molar-refractivity contribution < 1.29 is 19.7 Å². The van der Waals surface area contributed by atoms with Crippen molar-refractivity contribution in [3.8, 4) is 0 Å². The zero-order chi connectivity index (χ0) is 14.4. The number of anilines is 1. The lowest BCUT2D eigenvalue weighted by atomic mass is 10.0. The van der Waals surface area contributed by atoms with Crippen LogP contribution in [-0.2, 0) is 9.53 Å². The molecule has 1 aliphatic heterocycles. The van der Waals surface area contributed by atoms with Crippen LogP contribution in [0.1, 0.15) is 13.2 Å². The van der Waals surface area contributed by atoms with Crippen molar-refractivity contribution in [1.82, 2.24) is 19.5 Å². The lowest BCUT2D eigenvalue weighted by Crippen LogP contribution is -2.32. The molecule has 3 heterocycles. The molecule has 3 rings (SSSR count). The lowest BCUT2D eigenvalue weighted by molar-refractivity contribution is -0.155. The first kappa shape index (κ1) is 12.8. The molecule has 0 aliphatic carbocycles. The number of hydrogen-bond donors (Lipinski definition) is 3. The Hall–Kier alpha value is -2.26. The van der Waals surface area contributed by atoms with E-state index in [-0.39, 0.29) is 5.82 Å². The number of hydrogen-bond acceptors (Lipinski definition) is 7. The SMILES string of the molecule is C[C@@H]1C(n2cnc3c(N)ncnc32)O[C@H](C(=O)O)[C@H]1O. The van der Waals surface area contributed by atoms with Crippen molar-refractivity contribution >= 4 is 23.0 Å². The molecule has 0 radical (unpaired) electrons. The summed E-state index contributed by atoms with van der Waals surface area (Å²) in [5, 5.41) is 18.9. The molecule has 20 heavy (non-hydrogen) atoms. The van der Waals surface area contributed by atoms with E-state index in [1.165, 1.54) is 12.7 Å². The Bertz CT molecular complexity index is 672. The molecule has 4 N–H and O–H groups in total. The number of carboxylic acid groups (broad SMARTS) is 1. The summed E-state index contributed by atoms with van der Waals surface area (Å²) in [5.41, 5.74) is 6.55. The van der Waals surface area contributed by atoms with Crippen molar-refractivity contribution in [3.63, 3.8) is 0 Å². The Labute approximate surface area is 113 Å². The van der Waals surface area contributed by atoms with Crippen LogP contribution in [0.2, 0.25) is 0 Å². The van der Waals surface area contributed by atoms with Crippen LogP contribution in [0.4, 0.5) is 5.82 Å². The molecule has 2 aromatic heterocycles. The van der Waals surface area contributed by atoms with Gasteiger partial charge in [-0.1, -0.05) is 6.92 Å². The zero-order valence-electron chi connectivity index (χ0n) is 10.5. The summed E-state index contributed by atoms with van der Waals surface area (Å²) in [7, 11) is 0. The van der Waals surface area contributed by atoms with Crippen molar-refractivity contribution in [1.29, 1.82) is 0 Å². The molecule has 1 saturated heterocycles. The van der Waals surface area contributed by atoms with Gasteiger partial charge in [0.1, 0.15) is 18.1 Å². The summed E-state index contributed by atoms with van der Waals surface area (Å²) < 4.78 is 6.97. The Morgan fingerprint density at radius 3 is 2.85 bits per heavy atom. The number of aliphatic carboxylic acids is 1. The van der Waals surface area contributed by atoms with Crippen LogP contribution in [0.3, 0.4) is 0 Å². The van der Waals surface area contributed by atoms with E-state index in [0.717, 1.165) is 0 Å². The molecule has 9 heteroatoms. The summed E-state index contributed by atoms with van der Waals surface area (Å²) in [5.74, 6) is -1.40. The Morgan fingerprint density at radius 1 is 1.45 bits per heavy atom. The number of nitrogen functional groups attached to an aromatic ring is 1. The maximum absolute atomic E-state index is 11.0. The van der Waals surface area contributed by atoms with Gasteiger partial charge in [-0.05, 0) is 0 Å². The number of nitrogens with zero attached hydrogens (tertiary/aromatic N) is 4. The van der Waals surface area contributed by atoms with E-state index >= 15 is 0 Å². The van der Waals surface area contributed by atoms with Crippen LogP contribution in [0.25, 0.3) is 11.2 Å². The average Bonchev–Trinajstić information content (AvgIpc) is 2.94. The van der Waals surface area contributed by atoms with Crippen LogP contribution < -0.4 is 5.73 Å². The molecular weight excluding hydrogens is 266 g/mol. The number of rotatable bonds is 2. The fourth-order valence-electron chi connectivity index (χ4n) is 2.38. The van der Waals surface area contributed by atoms with Crippen molar-refractivity contribution in [2.45, 2.75) is 25.4 Å². The molecule has 106 valence electrons. The molecule has 1 fully saturated rings. The second kappa shape index (κ2) is 4.39. The molecular formula is C11H13N5O4. The highest BCUT2D eigenvalue weighted by Crippen LogP contribution is 2.36. The summed E-state index contributed by atoms with van der Waals surface area (Å²) in [6.45, 7) is 1.70. The van der Waals surface area contributed by atoms with E-state index in [9.17, 15) is 9.90 Å². The number of aliphatic hydroxyl groups excluding tert-OH is 1. The summed E-state index contributed by atoms with van der Waals surface area (Å²) in [6.07, 6.45) is -0.305. The van der Waals surface area contributed by atoms with Gasteiger partial charge in [-0.2, -0.15) is 0 Å². The standard InChI is InChI=1S/C11H13N5O4/c1-4-6(17)7(11(18)19)20-10(4)16-3-15-5-8(12)13-2-14-9(5)16/h2-4,6-7,10,17H,1H3,(H,18,19)(H2,12,13,14)/t4-,6-,7-,10?/m0/s1. The topological polar surface area (TPSA) is 136 Å². The number of fused-ring (bicyclic) bond motifs is 1. The Balaban J connectivity index is 2.04. The largest absolute Gasteiger partial charge is 0.479 e. The molecule has 1 unspecified atom stereocenters. The molecule has 1 aliphatic rings. The number of carboxylic acids is 1. The minimum Gasteiger partial charge on any atom is -0.479 e. The smallest absolute Gasteiger partial charge is 0.335 e. The van der Waals surface area contributed by atoms with E-state index in [0.29, 0.717) is 11.2 Å².